The molecule has 128 valence electrons. The molecule has 1 aromatic rings. The van der Waals surface area contributed by atoms with Crippen molar-refractivity contribution in [2.45, 2.75) is 46.0 Å². The smallest absolute Gasteiger partial charge is 0.243 e. The molecule has 1 unspecified atom stereocenters. The van der Waals surface area contributed by atoms with Crippen molar-refractivity contribution in [3.8, 4) is 0 Å². The molecule has 0 saturated carbocycles. The fourth-order valence-electron chi connectivity index (χ4n) is 2.04. The number of anilines is 1. The maximum atomic E-state index is 12.2. The van der Waals surface area contributed by atoms with Crippen LogP contribution in [0.2, 0.25) is 0 Å². The Bertz CT molecular complexity index is 481. The summed E-state index contributed by atoms with van der Waals surface area (Å²) in [5.41, 5.74) is 6.17. The van der Waals surface area contributed by atoms with E-state index in [1.165, 1.54) is 0 Å². The maximum absolute atomic E-state index is 12.2. The number of nitrogens with one attached hydrogen (secondary N) is 2. The van der Waals surface area contributed by atoms with Crippen molar-refractivity contribution in [3.63, 3.8) is 0 Å². The first kappa shape index (κ1) is 18.8. The highest BCUT2D eigenvalue weighted by Crippen LogP contribution is 2.11. The van der Waals surface area contributed by atoms with Gasteiger partial charge in [0.05, 0.1) is 12.5 Å². The number of carbonyl (C=O) groups is 2. The normalized spacial score (nSPS) is 11.6. The highest BCUT2D eigenvalue weighted by molar-refractivity contribution is 5.80. The number of aromatic nitrogens is 2. The Morgan fingerprint density at radius 2 is 2.04 bits per heavy atom. The van der Waals surface area contributed by atoms with Gasteiger partial charge >= 0.3 is 0 Å². The van der Waals surface area contributed by atoms with Crippen LogP contribution in [0.15, 0.2) is 12.4 Å². The van der Waals surface area contributed by atoms with Crippen molar-refractivity contribution in [2.75, 3.05) is 12.0 Å². The molecule has 3 N–H and O–H groups in total. The van der Waals surface area contributed by atoms with Gasteiger partial charge in [-0.25, -0.2) is 15.0 Å². The molecule has 0 bridgehead atoms. The molecule has 0 spiro atoms. The first-order chi connectivity index (χ1) is 11.1. The Hall–Kier alpha value is -2.22. The van der Waals surface area contributed by atoms with Gasteiger partial charge in [-0.1, -0.05) is 33.1 Å². The van der Waals surface area contributed by atoms with Crippen LogP contribution in [0.25, 0.3) is 0 Å². The highest BCUT2D eigenvalue weighted by Gasteiger charge is 2.20. The molecule has 0 aromatic carbocycles. The summed E-state index contributed by atoms with van der Waals surface area (Å²) in [5.74, 6) is -0.525. The number of hydrazine groups is 1. The second-order valence-electron chi connectivity index (χ2n) is 5.30. The molecular formula is C15H25N5O3. The topological polar surface area (TPSA) is 107 Å². The van der Waals surface area contributed by atoms with Crippen LogP contribution in [0.1, 0.15) is 45.1 Å². The van der Waals surface area contributed by atoms with E-state index in [0.717, 1.165) is 31.2 Å². The van der Waals surface area contributed by atoms with Crippen LogP contribution >= 0.6 is 0 Å². The summed E-state index contributed by atoms with van der Waals surface area (Å²) in [6, 6.07) is 0. The predicted molar refractivity (Wildman–Crippen MR) is 85.4 cm³/mol. The van der Waals surface area contributed by atoms with Crippen LogP contribution in [0.3, 0.4) is 0 Å². The minimum absolute atomic E-state index is 0.0453. The Balaban J connectivity index is 2.54. The lowest BCUT2D eigenvalue weighted by Crippen LogP contribution is -2.40. The van der Waals surface area contributed by atoms with Gasteiger partial charge in [-0.05, 0) is 18.4 Å². The van der Waals surface area contributed by atoms with Gasteiger partial charge in [0.15, 0.2) is 0 Å². The van der Waals surface area contributed by atoms with Crippen LogP contribution in [0.4, 0.5) is 5.95 Å². The number of aryl methyl sites for hydroxylation is 1. The average Bonchev–Trinajstić information content (AvgIpc) is 2.59. The highest BCUT2D eigenvalue weighted by atomic mass is 16.5. The Morgan fingerprint density at radius 1 is 1.35 bits per heavy atom. The van der Waals surface area contributed by atoms with E-state index in [-0.39, 0.29) is 12.5 Å². The number of unbranched alkanes of at least 4 members (excludes halogenated alkanes) is 2. The Kier molecular flexibility index (Phi) is 8.59. The maximum Gasteiger partial charge on any atom is 0.243 e. The van der Waals surface area contributed by atoms with Gasteiger partial charge in [-0.2, -0.15) is 0 Å². The number of hydrogen-bond acceptors (Lipinski definition) is 6. The molecular weight excluding hydrogens is 298 g/mol. The first-order valence-electron chi connectivity index (χ1n) is 7.88. The largest absolute Gasteiger partial charge is 0.286 e. The molecule has 8 nitrogen and oxygen atoms in total. The zero-order valence-electron chi connectivity index (χ0n) is 13.7. The fraction of sp³-hybridized carbons (Fsp3) is 0.600. The molecule has 0 fully saturated rings. The predicted octanol–water partition coefficient (Wildman–Crippen LogP) is 1.53. The third-order valence-electron chi connectivity index (χ3n) is 3.47. The molecule has 1 heterocycles. The van der Waals surface area contributed by atoms with E-state index in [4.69, 9.17) is 0 Å². The van der Waals surface area contributed by atoms with E-state index < -0.39 is 5.92 Å². The number of nitrogens with zero attached hydrogens (tertiary/aromatic N) is 3. The summed E-state index contributed by atoms with van der Waals surface area (Å²) in [6.45, 7) is 4.02. The molecule has 0 aliphatic rings. The lowest BCUT2D eigenvalue weighted by Gasteiger charge is -2.19. The Labute approximate surface area is 136 Å². The Morgan fingerprint density at radius 3 is 2.61 bits per heavy atom. The van der Waals surface area contributed by atoms with Gasteiger partial charge < -0.3 is 0 Å². The van der Waals surface area contributed by atoms with Crippen molar-refractivity contribution < 1.29 is 14.8 Å². The quantitative estimate of drug-likeness (QED) is 0.247. The lowest BCUT2D eigenvalue weighted by atomic mass is 10.0. The van der Waals surface area contributed by atoms with Gasteiger partial charge in [-0.15, -0.1) is 0 Å². The monoisotopic (exact) mass is 323 g/mol. The van der Waals surface area contributed by atoms with Crippen molar-refractivity contribution in [1.82, 2.24) is 20.5 Å². The van der Waals surface area contributed by atoms with Crippen LogP contribution < -0.4 is 10.9 Å². The van der Waals surface area contributed by atoms with Gasteiger partial charge in [0.1, 0.15) is 0 Å². The first-order valence-corrected chi connectivity index (χ1v) is 7.88. The average molecular weight is 323 g/mol. The SMILES string of the molecule is CCCCCC(CN(O)C=O)C(=O)NNc1ncc(CC)cn1. The third-order valence-corrected chi connectivity index (χ3v) is 3.47. The molecule has 8 heteroatoms. The number of amides is 2. The molecule has 0 radical (unpaired) electrons. The molecule has 1 aromatic heterocycles. The van der Waals surface area contributed by atoms with E-state index in [2.05, 4.69) is 27.7 Å². The van der Waals surface area contributed by atoms with Crippen molar-refractivity contribution >= 4 is 18.3 Å². The summed E-state index contributed by atoms with van der Waals surface area (Å²) in [4.78, 5) is 30.9. The van der Waals surface area contributed by atoms with E-state index in [0.29, 0.717) is 23.8 Å². The zero-order chi connectivity index (χ0) is 17.1. The molecule has 0 saturated heterocycles. The number of hydroxylamine groups is 2. The van der Waals surface area contributed by atoms with Gasteiger partial charge in [0.2, 0.25) is 18.3 Å². The van der Waals surface area contributed by atoms with E-state index >= 15 is 0 Å². The second-order valence-corrected chi connectivity index (χ2v) is 5.30. The van der Waals surface area contributed by atoms with Gasteiger partial charge in [-0.3, -0.25) is 25.6 Å². The van der Waals surface area contributed by atoms with E-state index in [9.17, 15) is 14.8 Å². The summed E-state index contributed by atoms with van der Waals surface area (Å²) in [5, 5.41) is 9.81. The van der Waals surface area contributed by atoms with Crippen molar-refractivity contribution in [2.24, 2.45) is 5.92 Å². The van der Waals surface area contributed by atoms with E-state index in [1.807, 2.05) is 6.92 Å². The molecule has 23 heavy (non-hydrogen) atoms. The molecule has 0 aliphatic carbocycles. The molecule has 1 rings (SSSR count). The minimum atomic E-state index is -0.501. The van der Waals surface area contributed by atoms with Crippen LogP contribution in [-0.4, -0.2) is 39.1 Å². The summed E-state index contributed by atoms with van der Waals surface area (Å²) >= 11 is 0. The number of hydrogen-bond donors (Lipinski definition) is 3. The fourth-order valence-corrected chi connectivity index (χ4v) is 2.04. The van der Waals surface area contributed by atoms with Crippen LogP contribution in [-0.2, 0) is 16.0 Å². The number of carbonyl (C=O) groups excluding carboxylic acids is 2. The van der Waals surface area contributed by atoms with Gasteiger partial charge in [0.25, 0.3) is 0 Å². The second kappa shape index (κ2) is 10.5. The van der Waals surface area contributed by atoms with Crippen LogP contribution in [0.5, 0.6) is 0 Å². The number of rotatable bonds is 11. The van der Waals surface area contributed by atoms with Crippen molar-refractivity contribution in [3.05, 3.63) is 18.0 Å². The van der Waals surface area contributed by atoms with Crippen molar-refractivity contribution in [1.29, 1.82) is 0 Å². The summed E-state index contributed by atoms with van der Waals surface area (Å²) in [7, 11) is 0. The standard InChI is InChI=1S/C15H25N5O3/c1-3-5-6-7-13(10-20(23)11-21)14(22)18-19-15-16-8-12(4-2)9-17-15/h8-9,11,13,23H,3-7,10H2,1-2H3,(H,18,22)(H,16,17,19). The molecule has 2 amide bonds. The van der Waals surface area contributed by atoms with E-state index in [1.54, 1.807) is 12.4 Å². The molecule has 1 atom stereocenters. The summed E-state index contributed by atoms with van der Waals surface area (Å²) < 4.78 is 0. The minimum Gasteiger partial charge on any atom is -0.286 e. The van der Waals surface area contributed by atoms with Gasteiger partial charge in [0, 0.05) is 12.4 Å². The molecule has 0 aliphatic heterocycles. The third kappa shape index (κ3) is 7.05. The van der Waals surface area contributed by atoms with Crippen LogP contribution in [0, 0.1) is 5.92 Å². The zero-order valence-corrected chi connectivity index (χ0v) is 13.7. The summed E-state index contributed by atoms with van der Waals surface area (Å²) in [6.07, 6.45) is 7.95. The lowest BCUT2D eigenvalue weighted by molar-refractivity contribution is -0.154.